The summed E-state index contributed by atoms with van der Waals surface area (Å²) in [6, 6.07) is 62.1. The molecule has 0 aliphatic rings. The molecule has 0 spiro atoms. The fourth-order valence-corrected chi connectivity index (χ4v) is 8.18. The van der Waals surface area contributed by atoms with Gasteiger partial charge in [-0.15, -0.1) is 11.3 Å². The molecule has 0 nitrogen and oxygen atoms in total. The lowest BCUT2D eigenvalue weighted by atomic mass is 9.90. The fourth-order valence-electron chi connectivity index (χ4n) is 6.94. The lowest BCUT2D eigenvalue weighted by Crippen LogP contribution is -1.88. The van der Waals surface area contributed by atoms with E-state index >= 15 is 0 Å². The van der Waals surface area contributed by atoms with E-state index in [-0.39, 0.29) is 0 Å². The van der Waals surface area contributed by atoms with Crippen LogP contribution in [0, 0.1) is 0 Å². The zero-order chi connectivity index (χ0) is 29.7. The Labute approximate surface area is 266 Å². The zero-order valence-corrected chi connectivity index (χ0v) is 25.4. The highest BCUT2D eigenvalue weighted by Gasteiger charge is 2.13. The monoisotopic (exact) mass is 588 g/mol. The second-order valence-corrected chi connectivity index (χ2v) is 12.7. The summed E-state index contributed by atoms with van der Waals surface area (Å²) in [6.45, 7) is 0. The van der Waals surface area contributed by atoms with E-state index in [4.69, 9.17) is 0 Å². The van der Waals surface area contributed by atoms with Gasteiger partial charge in [-0.05, 0) is 78.2 Å². The van der Waals surface area contributed by atoms with Crippen molar-refractivity contribution in [3.63, 3.8) is 0 Å². The molecule has 210 valence electrons. The van der Waals surface area contributed by atoms with Crippen molar-refractivity contribution in [2.24, 2.45) is 0 Å². The highest BCUT2D eigenvalue weighted by Crippen LogP contribution is 2.42. The Bertz CT molecular complexity index is 2530. The van der Waals surface area contributed by atoms with Crippen LogP contribution in [0.2, 0.25) is 0 Å². The lowest BCUT2D eigenvalue weighted by molar-refractivity contribution is 1.61. The molecule has 0 bridgehead atoms. The summed E-state index contributed by atoms with van der Waals surface area (Å²) in [5, 5.41) is 7.76. The first-order valence-electron chi connectivity index (χ1n) is 15.4. The molecule has 45 heavy (non-hydrogen) atoms. The van der Waals surface area contributed by atoms with Gasteiger partial charge >= 0.3 is 0 Å². The van der Waals surface area contributed by atoms with Crippen molar-refractivity contribution in [3.8, 4) is 44.5 Å². The normalized spacial score (nSPS) is 11.6. The minimum absolute atomic E-state index is 1.23. The molecule has 0 N–H and O–H groups in total. The van der Waals surface area contributed by atoms with Gasteiger partial charge in [-0.25, -0.2) is 0 Å². The largest absolute Gasteiger partial charge is 0.135 e. The van der Waals surface area contributed by atoms with Crippen LogP contribution >= 0.6 is 11.3 Å². The summed E-state index contributed by atoms with van der Waals surface area (Å²) in [5.41, 5.74) is 10.0. The smallest absolute Gasteiger partial charge is 0.0433 e. The number of fused-ring (bicyclic) bond motifs is 5. The standard InChI is InChI=1S/C44H28S/c1-2-14-34-29(10-1)11-8-18-35(34)30-22-24-31(25-23-30)36-26-27-37(40-16-4-3-15-39(36)40)32-12-7-13-33(28-32)38-19-9-20-42-41-17-5-6-21-43(41)45-44(38)42/h1-28H. The van der Waals surface area contributed by atoms with Gasteiger partial charge in [-0.1, -0.05) is 158 Å². The van der Waals surface area contributed by atoms with E-state index in [9.17, 15) is 0 Å². The molecule has 1 heterocycles. The number of thiophene rings is 1. The maximum absolute atomic E-state index is 2.36. The van der Waals surface area contributed by atoms with Gasteiger partial charge in [0.1, 0.15) is 0 Å². The molecule has 8 aromatic carbocycles. The minimum Gasteiger partial charge on any atom is -0.135 e. The number of hydrogen-bond donors (Lipinski definition) is 0. The van der Waals surface area contributed by atoms with Crippen LogP contribution in [0.1, 0.15) is 0 Å². The van der Waals surface area contributed by atoms with E-state index in [2.05, 4.69) is 170 Å². The van der Waals surface area contributed by atoms with E-state index in [1.165, 1.54) is 86.2 Å². The molecular weight excluding hydrogens is 561 g/mol. The predicted molar refractivity (Wildman–Crippen MR) is 196 cm³/mol. The molecular formula is C44H28S. The Hall–Kier alpha value is -5.50. The third-order valence-corrected chi connectivity index (χ3v) is 10.3. The van der Waals surface area contributed by atoms with E-state index in [1.54, 1.807) is 0 Å². The average Bonchev–Trinajstić information content (AvgIpc) is 3.50. The van der Waals surface area contributed by atoms with Crippen LogP contribution in [0.4, 0.5) is 0 Å². The molecule has 0 aliphatic carbocycles. The molecule has 0 saturated carbocycles. The third-order valence-electron chi connectivity index (χ3n) is 9.11. The molecule has 1 aromatic heterocycles. The Kier molecular flexibility index (Phi) is 6.11. The van der Waals surface area contributed by atoms with Crippen LogP contribution < -0.4 is 0 Å². The molecule has 9 aromatic rings. The Morgan fingerprint density at radius 1 is 0.289 bits per heavy atom. The quantitative estimate of drug-likeness (QED) is 0.192. The average molecular weight is 589 g/mol. The highest BCUT2D eigenvalue weighted by molar-refractivity contribution is 7.26. The summed E-state index contributed by atoms with van der Waals surface area (Å²) in [7, 11) is 0. The first-order chi connectivity index (χ1) is 22.3. The van der Waals surface area contributed by atoms with Crippen LogP contribution in [0.3, 0.4) is 0 Å². The molecule has 0 atom stereocenters. The molecule has 0 unspecified atom stereocenters. The van der Waals surface area contributed by atoms with Crippen molar-refractivity contribution < 1.29 is 0 Å². The van der Waals surface area contributed by atoms with Gasteiger partial charge in [0.25, 0.3) is 0 Å². The topological polar surface area (TPSA) is 0 Å². The maximum Gasteiger partial charge on any atom is 0.0433 e. The van der Waals surface area contributed by atoms with Crippen molar-refractivity contribution >= 4 is 53.1 Å². The SMILES string of the molecule is c1cc(-c2ccc(-c3ccc(-c4cccc5ccccc45)cc3)c3ccccc23)cc(-c2cccc3c2sc2ccccc23)c1. The molecule has 1 heteroatoms. The van der Waals surface area contributed by atoms with Crippen molar-refractivity contribution in [3.05, 3.63) is 170 Å². The first kappa shape index (κ1) is 25.9. The van der Waals surface area contributed by atoms with Gasteiger partial charge < -0.3 is 0 Å². The van der Waals surface area contributed by atoms with E-state index < -0.39 is 0 Å². The van der Waals surface area contributed by atoms with Crippen molar-refractivity contribution in [1.82, 2.24) is 0 Å². The fraction of sp³-hybridized carbons (Fsp3) is 0. The van der Waals surface area contributed by atoms with Crippen LogP contribution in [0.25, 0.3) is 86.2 Å². The second-order valence-electron chi connectivity index (χ2n) is 11.7. The number of hydrogen-bond acceptors (Lipinski definition) is 1. The molecule has 0 saturated heterocycles. The van der Waals surface area contributed by atoms with Crippen molar-refractivity contribution in [2.75, 3.05) is 0 Å². The Balaban J connectivity index is 1.13. The van der Waals surface area contributed by atoms with Gasteiger partial charge in [0.05, 0.1) is 0 Å². The summed E-state index contributed by atoms with van der Waals surface area (Å²) >= 11 is 1.89. The van der Waals surface area contributed by atoms with Gasteiger partial charge in [-0.3, -0.25) is 0 Å². The Morgan fingerprint density at radius 3 is 1.53 bits per heavy atom. The van der Waals surface area contributed by atoms with Crippen molar-refractivity contribution in [2.45, 2.75) is 0 Å². The number of rotatable bonds is 4. The molecule has 0 amide bonds. The molecule has 9 rings (SSSR count). The summed E-state index contributed by atoms with van der Waals surface area (Å²) in [6.07, 6.45) is 0. The van der Waals surface area contributed by atoms with Crippen LogP contribution in [0.5, 0.6) is 0 Å². The van der Waals surface area contributed by atoms with Crippen LogP contribution in [-0.2, 0) is 0 Å². The Morgan fingerprint density at radius 2 is 0.778 bits per heavy atom. The molecule has 0 aliphatic heterocycles. The summed E-state index contributed by atoms with van der Waals surface area (Å²) < 4.78 is 2.69. The van der Waals surface area contributed by atoms with Crippen LogP contribution in [0.15, 0.2) is 170 Å². The third kappa shape index (κ3) is 4.36. The highest BCUT2D eigenvalue weighted by atomic mass is 32.1. The predicted octanol–water partition coefficient (Wildman–Crippen LogP) is 13.0. The van der Waals surface area contributed by atoms with Gasteiger partial charge in [0.2, 0.25) is 0 Å². The van der Waals surface area contributed by atoms with E-state index in [0.29, 0.717) is 0 Å². The molecule has 0 fully saturated rings. The van der Waals surface area contributed by atoms with E-state index in [1.807, 2.05) is 11.3 Å². The second kappa shape index (κ2) is 10.6. The maximum atomic E-state index is 2.36. The summed E-state index contributed by atoms with van der Waals surface area (Å²) in [5.74, 6) is 0. The van der Waals surface area contributed by atoms with Gasteiger partial charge in [0, 0.05) is 20.2 Å². The number of benzene rings is 8. The van der Waals surface area contributed by atoms with E-state index in [0.717, 1.165) is 0 Å². The van der Waals surface area contributed by atoms with Gasteiger partial charge in [-0.2, -0.15) is 0 Å². The molecule has 0 radical (unpaired) electrons. The van der Waals surface area contributed by atoms with Crippen molar-refractivity contribution in [1.29, 1.82) is 0 Å². The first-order valence-corrected chi connectivity index (χ1v) is 16.2. The summed E-state index contributed by atoms with van der Waals surface area (Å²) in [4.78, 5) is 0. The zero-order valence-electron chi connectivity index (χ0n) is 24.6. The van der Waals surface area contributed by atoms with Gasteiger partial charge in [0.15, 0.2) is 0 Å². The minimum atomic E-state index is 1.23. The lowest BCUT2D eigenvalue weighted by Gasteiger charge is -2.14. The van der Waals surface area contributed by atoms with Crippen LogP contribution in [-0.4, -0.2) is 0 Å².